The van der Waals surface area contributed by atoms with E-state index in [0.29, 0.717) is 24.4 Å². The molecule has 0 aliphatic carbocycles. The highest BCUT2D eigenvalue weighted by Gasteiger charge is 2.26. The number of allylic oxidation sites excluding steroid dienone is 1. The molecule has 1 aliphatic rings. The molecular formula is C27H24N2O4S. The van der Waals surface area contributed by atoms with Crippen molar-refractivity contribution in [2.75, 3.05) is 13.1 Å². The summed E-state index contributed by atoms with van der Waals surface area (Å²) in [4.78, 5) is 12.7. The number of benzene rings is 3. The highest BCUT2D eigenvalue weighted by Crippen LogP contribution is 2.23. The molecule has 0 amide bonds. The minimum Gasteiger partial charge on any atom is -0.423 e. The first-order valence-electron chi connectivity index (χ1n) is 11.1. The Morgan fingerprint density at radius 3 is 2.12 bits per heavy atom. The second-order valence-corrected chi connectivity index (χ2v) is 9.92. The second-order valence-electron chi connectivity index (χ2n) is 7.98. The lowest BCUT2D eigenvalue weighted by molar-refractivity contribution is 0.0734. The maximum atomic E-state index is 12.8. The molecular weight excluding hydrogens is 448 g/mol. The summed E-state index contributed by atoms with van der Waals surface area (Å²) in [5.41, 5.74) is 2.42. The van der Waals surface area contributed by atoms with Gasteiger partial charge >= 0.3 is 5.97 Å². The quantitative estimate of drug-likeness (QED) is 0.214. The standard InChI is InChI=1S/C27H24N2O4S/c28-20-24(22-7-3-1-4-8-22)19-21-9-13-25(14-10-21)33-27(30)23-11-15-26(16-12-23)34(31,32)29-17-5-2-6-18-29/h1,3-4,7-16,19H,2,5-6,17-18H2/b24-19-. The third-order valence-corrected chi connectivity index (χ3v) is 7.56. The largest absolute Gasteiger partial charge is 0.423 e. The Balaban J connectivity index is 1.43. The van der Waals surface area contributed by atoms with E-state index in [2.05, 4.69) is 6.07 Å². The first-order valence-corrected chi connectivity index (χ1v) is 12.5. The van der Waals surface area contributed by atoms with Crippen molar-refractivity contribution in [3.05, 3.63) is 95.6 Å². The van der Waals surface area contributed by atoms with Gasteiger partial charge < -0.3 is 4.74 Å². The smallest absolute Gasteiger partial charge is 0.343 e. The lowest BCUT2D eigenvalue weighted by atomic mass is 10.0. The SMILES string of the molecule is N#C/C(=C/c1ccc(OC(=O)c2ccc(S(=O)(=O)N3CCCCC3)cc2)cc1)c1ccccc1. The molecule has 0 radical (unpaired) electrons. The lowest BCUT2D eigenvalue weighted by Crippen LogP contribution is -2.35. The molecule has 0 bridgehead atoms. The number of nitrogens with zero attached hydrogens (tertiary/aromatic N) is 2. The maximum Gasteiger partial charge on any atom is 0.343 e. The molecule has 0 saturated carbocycles. The molecule has 0 unspecified atom stereocenters. The van der Waals surface area contributed by atoms with E-state index in [0.717, 1.165) is 30.4 Å². The van der Waals surface area contributed by atoms with Crippen LogP contribution >= 0.6 is 0 Å². The van der Waals surface area contributed by atoms with Crippen molar-refractivity contribution >= 4 is 27.6 Å². The number of hydrogen-bond acceptors (Lipinski definition) is 5. The van der Waals surface area contributed by atoms with Gasteiger partial charge in [-0.2, -0.15) is 9.57 Å². The van der Waals surface area contributed by atoms with Gasteiger partial charge in [0.1, 0.15) is 5.75 Å². The van der Waals surface area contributed by atoms with Gasteiger partial charge in [-0.25, -0.2) is 13.2 Å². The Morgan fingerprint density at radius 1 is 0.853 bits per heavy atom. The summed E-state index contributed by atoms with van der Waals surface area (Å²) in [6, 6.07) is 24.2. The number of nitriles is 1. The summed E-state index contributed by atoms with van der Waals surface area (Å²) in [7, 11) is -3.55. The Bertz CT molecular complexity index is 1320. The van der Waals surface area contributed by atoms with Crippen molar-refractivity contribution in [3.8, 4) is 11.8 Å². The van der Waals surface area contributed by atoms with Crippen LogP contribution in [0.3, 0.4) is 0 Å². The average molecular weight is 473 g/mol. The highest BCUT2D eigenvalue weighted by atomic mass is 32.2. The summed E-state index contributed by atoms with van der Waals surface area (Å²) in [5, 5.41) is 9.46. The van der Waals surface area contributed by atoms with Crippen LogP contribution in [-0.2, 0) is 10.0 Å². The molecule has 0 atom stereocenters. The second kappa shape index (κ2) is 10.5. The van der Waals surface area contributed by atoms with Gasteiger partial charge in [-0.15, -0.1) is 0 Å². The van der Waals surface area contributed by atoms with Gasteiger partial charge in [0, 0.05) is 13.1 Å². The third-order valence-electron chi connectivity index (χ3n) is 5.65. The number of ether oxygens (including phenoxy) is 1. The number of carbonyl (C=O) groups excluding carboxylic acids is 1. The fourth-order valence-electron chi connectivity index (χ4n) is 3.78. The van der Waals surface area contributed by atoms with E-state index in [9.17, 15) is 18.5 Å². The van der Waals surface area contributed by atoms with Gasteiger partial charge in [0.05, 0.1) is 22.1 Å². The van der Waals surface area contributed by atoms with Gasteiger partial charge in [-0.1, -0.05) is 48.9 Å². The van der Waals surface area contributed by atoms with Crippen LogP contribution in [-0.4, -0.2) is 31.8 Å². The molecule has 1 saturated heterocycles. The van der Waals surface area contributed by atoms with Crippen LogP contribution < -0.4 is 4.74 Å². The number of rotatable bonds is 6. The van der Waals surface area contributed by atoms with E-state index in [1.165, 1.54) is 28.6 Å². The van der Waals surface area contributed by atoms with E-state index in [1.807, 2.05) is 30.3 Å². The number of esters is 1. The van der Waals surface area contributed by atoms with Gasteiger partial charge in [0.25, 0.3) is 0 Å². The summed E-state index contributed by atoms with van der Waals surface area (Å²) in [6.45, 7) is 1.05. The van der Waals surface area contributed by atoms with Crippen LogP contribution in [0.5, 0.6) is 5.75 Å². The molecule has 1 aliphatic heterocycles. The number of sulfonamides is 1. The van der Waals surface area contributed by atoms with Crippen molar-refractivity contribution in [2.24, 2.45) is 0 Å². The summed E-state index contributed by atoms with van der Waals surface area (Å²) >= 11 is 0. The molecule has 3 aromatic carbocycles. The van der Waals surface area contributed by atoms with Crippen LogP contribution in [0.1, 0.15) is 40.7 Å². The first kappa shape index (κ1) is 23.4. The summed E-state index contributed by atoms with van der Waals surface area (Å²) in [6.07, 6.45) is 4.54. The Morgan fingerprint density at radius 2 is 1.50 bits per heavy atom. The first-order chi connectivity index (χ1) is 16.5. The molecule has 7 heteroatoms. The molecule has 0 aromatic heterocycles. The molecule has 0 spiro atoms. The highest BCUT2D eigenvalue weighted by molar-refractivity contribution is 7.89. The molecule has 3 aromatic rings. The third kappa shape index (κ3) is 5.42. The van der Waals surface area contributed by atoms with E-state index in [4.69, 9.17) is 4.74 Å². The lowest BCUT2D eigenvalue weighted by Gasteiger charge is -2.25. The fourth-order valence-corrected chi connectivity index (χ4v) is 5.30. The van der Waals surface area contributed by atoms with Gasteiger partial charge in [0.2, 0.25) is 10.0 Å². The molecule has 1 heterocycles. The maximum absolute atomic E-state index is 12.8. The average Bonchev–Trinajstić information content (AvgIpc) is 2.89. The number of piperidine rings is 1. The van der Waals surface area contributed by atoms with Crippen molar-refractivity contribution in [2.45, 2.75) is 24.2 Å². The predicted molar refractivity (Wildman–Crippen MR) is 130 cm³/mol. The fraction of sp³-hybridized carbons (Fsp3) is 0.185. The van der Waals surface area contributed by atoms with Crippen LogP contribution in [0.4, 0.5) is 0 Å². The van der Waals surface area contributed by atoms with Crippen molar-refractivity contribution in [3.63, 3.8) is 0 Å². The van der Waals surface area contributed by atoms with Gasteiger partial charge in [-0.3, -0.25) is 0 Å². The Kier molecular flexibility index (Phi) is 7.21. The van der Waals surface area contributed by atoms with E-state index < -0.39 is 16.0 Å². The summed E-state index contributed by atoms with van der Waals surface area (Å²) in [5.74, 6) is -0.224. The minimum atomic E-state index is -3.55. The molecule has 172 valence electrons. The van der Waals surface area contributed by atoms with Gasteiger partial charge in [-0.05, 0) is 66.4 Å². The minimum absolute atomic E-state index is 0.175. The molecule has 1 fully saturated rings. The predicted octanol–water partition coefficient (Wildman–Crippen LogP) is 5.14. The summed E-state index contributed by atoms with van der Waals surface area (Å²) < 4.78 is 32.5. The van der Waals surface area contributed by atoms with Crippen molar-refractivity contribution in [1.82, 2.24) is 4.31 Å². The zero-order valence-electron chi connectivity index (χ0n) is 18.6. The number of hydrogen-bond donors (Lipinski definition) is 0. The van der Waals surface area contributed by atoms with Crippen LogP contribution in [0.15, 0.2) is 83.8 Å². The molecule has 6 nitrogen and oxygen atoms in total. The van der Waals surface area contributed by atoms with Crippen LogP contribution in [0.2, 0.25) is 0 Å². The van der Waals surface area contributed by atoms with Crippen LogP contribution in [0.25, 0.3) is 11.6 Å². The van der Waals surface area contributed by atoms with E-state index in [-0.39, 0.29) is 10.5 Å². The normalized spacial score (nSPS) is 14.9. The zero-order valence-corrected chi connectivity index (χ0v) is 19.4. The molecule has 4 rings (SSSR count). The van der Waals surface area contributed by atoms with Crippen molar-refractivity contribution in [1.29, 1.82) is 5.26 Å². The Hall–Kier alpha value is -3.73. The zero-order chi connectivity index (χ0) is 24.0. The van der Waals surface area contributed by atoms with Gasteiger partial charge in [0.15, 0.2) is 0 Å². The topological polar surface area (TPSA) is 87.5 Å². The molecule has 0 N–H and O–H groups in total. The monoisotopic (exact) mass is 472 g/mol. The molecule has 34 heavy (non-hydrogen) atoms. The van der Waals surface area contributed by atoms with Crippen molar-refractivity contribution < 1.29 is 17.9 Å². The number of carbonyl (C=O) groups is 1. The van der Waals surface area contributed by atoms with E-state index >= 15 is 0 Å². The van der Waals surface area contributed by atoms with Crippen LogP contribution in [0, 0.1) is 11.3 Å². The Labute approximate surface area is 199 Å². The van der Waals surface area contributed by atoms with E-state index in [1.54, 1.807) is 30.3 Å².